The SMILES string of the molecule is O=C(Cc1csc(Nc2cccc(C(F)(F)F)c2)n1)N/N=C/c1ccc(OCc2cccc(F)c2)c(Cl)c1. The smallest absolute Gasteiger partial charge is 0.416 e. The fourth-order valence-electron chi connectivity index (χ4n) is 3.23. The number of thiazole rings is 1. The van der Waals surface area contributed by atoms with Crippen molar-refractivity contribution < 1.29 is 27.1 Å². The lowest BCUT2D eigenvalue weighted by atomic mass is 10.2. The normalized spacial score (nSPS) is 11.5. The van der Waals surface area contributed by atoms with E-state index < -0.39 is 17.6 Å². The summed E-state index contributed by atoms with van der Waals surface area (Å²) in [4.78, 5) is 16.4. The highest BCUT2D eigenvalue weighted by Gasteiger charge is 2.30. The molecule has 4 rings (SSSR count). The van der Waals surface area contributed by atoms with E-state index in [1.54, 1.807) is 35.7 Å². The first-order valence-corrected chi connectivity index (χ1v) is 12.3. The zero-order valence-electron chi connectivity index (χ0n) is 19.4. The molecule has 3 aromatic carbocycles. The maximum Gasteiger partial charge on any atom is 0.416 e. The van der Waals surface area contributed by atoms with Crippen LogP contribution in [0.25, 0.3) is 0 Å². The molecule has 0 saturated carbocycles. The van der Waals surface area contributed by atoms with Crippen LogP contribution in [0.4, 0.5) is 28.4 Å². The quantitative estimate of drug-likeness (QED) is 0.131. The number of ether oxygens (including phenoxy) is 1. The molecule has 1 heterocycles. The number of rotatable bonds is 9. The number of carbonyl (C=O) groups is 1. The first-order chi connectivity index (χ1) is 18.2. The van der Waals surface area contributed by atoms with Gasteiger partial charge in [0.25, 0.3) is 0 Å². The summed E-state index contributed by atoms with van der Waals surface area (Å²) in [6.07, 6.45) is -3.12. The molecule has 0 unspecified atom stereocenters. The van der Waals surface area contributed by atoms with Crippen LogP contribution in [0, 0.1) is 5.82 Å². The number of amides is 1. The number of hydrogen-bond donors (Lipinski definition) is 2. The van der Waals surface area contributed by atoms with Gasteiger partial charge >= 0.3 is 6.18 Å². The van der Waals surface area contributed by atoms with Crippen molar-refractivity contribution in [2.45, 2.75) is 19.2 Å². The number of nitrogens with one attached hydrogen (secondary N) is 2. The lowest BCUT2D eigenvalue weighted by Gasteiger charge is -2.09. The molecule has 6 nitrogen and oxygen atoms in total. The summed E-state index contributed by atoms with van der Waals surface area (Å²) in [5.41, 5.74) is 3.55. The summed E-state index contributed by atoms with van der Waals surface area (Å²) >= 11 is 7.41. The standard InChI is InChI=1S/C26H19ClF4N4O2S/c27-22-10-16(7-8-23(22)37-14-17-3-1-5-19(28)9-17)13-32-35-24(36)12-21-15-38-25(34-21)33-20-6-2-4-18(11-20)26(29,30)31/h1-11,13,15H,12,14H2,(H,33,34)(H,35,36)/b32-13+. The Kier molecular flexibility index (Phi) is 8.59. The molecule has 2 N–H and O–H groups in total. The molecule has 4 aromatic rings. The molecule has 196 valence electrons. The molecule has 0 fully saturated rings. The number of benzene rings is 3. The second-order valence-electron chi connectivity index (χ2n) is 7.93. The molecular weight excluding hydrogens is 544 g/mol. The summed E-state index contributed by atoms with van der Waals surface area (Å²) < 4.78 is 57.6. The molecule has 0 aliphatic rings. The van der Waals surface area contributed by atoms with Crippen LogP contribution in [0.1, 0.15) is 22.4 Å². The van der Waals surface area contributed by atoms with Gasteiger partial charge < -0.3 is 10.1 Å². The summed E-state index contributed by atoms with van der Waals surface area (Å²) in [6.45, 7) is 0.148. The summed E-state index contributed by atoms with van der Waals surface area (Å²) in [5.74, 6) is -0.374. The van der Waals surface area contributed by atoms with E-state index in [0.29, 0.717) is 32.7 Å². The Morgan fingerprint density at radius 2 is 1.92 bits per heavy atom. The van der Waals surface area contributed by atoms with Gasteiger partial charge in [0.05, 0.1) is 28.9 Å². The Bertz CT molecular complexity index is 1460. The van der Waals surface area contributed by atoms with Gasteiger partial charge in [-0.25, -0.2) is 14.8 Å². The van der Waals surface area contributed by atoms with Gasteiger partial charge in [0, 0.05) is 11.1 Å². The molecule has 1 aromatic heterocycles. The predicted octanol–water partition coefficient (Wildman–Crippen LogP) is 6.97. The molecule has 0 aliphatic heterocycles. The molecule has 0 bridgehead atoms. The van der Waals surface area contributed by atoms with E-state index in [1.165, 1.54) is 30.5 Å². The molecule has 0 atom stereocenters. The number of halogens is 5. The lowest BCUT2D eigenvalue weighted by Crippen LogP contribution is -2.19. The molecule has 0 spiro atoms. The zero-order chi connectivity index (χ0) is 27.1. The zero-order valence-corrected chi connectivity index (χ0v) is 21.0. The van der Waals surface area contributed by atoms with Crippen LogP contribution in [0.5, 0.6) is 5.75 Å². The van der Waals surface area contributed by atoms with Crippen LogP contribution in [0.3, 0.4) is 0 Å². The fraction of sp³-hybridized carbons (Fsp3) is 0.115. The van der Waals surface area contributed by atoms with Crippen molar-refractivity contribution in [2.24, 2.45) is 5.10 Å². The molecule has 1 amide bonds. The topological polar surface area (TPSA) is 75.6 Å². The van der Waals surface area contributed by atoms with Gasteiger partial charge in [0.2, 0.25) is 5.91 Å². The van der Waals surface area contributed by atoms with E-state index in [2.05, 4.69) is 20.8 Å². The average molecular weight is 563 g/mol. The number of anilines is 2. The number of hydrogen-bond acceptors (Lipinski definition) is 6. The van der Waals surface area contributed by atoms with Crippen LogP contribution in [-0.4, -0.2) is 17.1 Å². The third kappa shape index (κ3) is 7.77. The first kappa shape index (κ1) is 27.1. The van der Waals surface area contributed by atoms with E-state index in [-0.39, 0.29) is 24.5 Å². The number of nitrogens with zero attached hydrogens (tertiary/aromatic N) is 2. The van der Waals surface area contributed by atoms with Gasteiger partial charge in [-0.1, -0.05) is 29.8 Å². The molecule has 0 radical (unpaired) electrons. The van der Waals surface area contributed by atoms with E-state index in [1.807, 2.05) is 0 Å². The highest BCUT2D eigenvalue weighted by atomic mass is 35.5. The number of carbonyl (C=O) groups excluding carboxylic acids is 1. The molecular formula is C26H19ClF4N4O2S. The molecule has 0 aliphatic carbocycles. The van der Waals surface area contributed by atoms with Crippen molar-refractivity contribution in [1.82, 2.24) is 10.4 Å². The fourth-order valence-corrected chi connectivity index (χ4v) is 4.20. The highest BCUT2D eigenvalue weighted by molar-refractivity contribution is 7.13. The second-order valence-corrected chi connectivity index (χ2v) is 9.19. The average Bonchev–Trinajstić information content (AvgIpc) is 3.29. The third-order valence-corrected chi connectivity index (χ3v) is 6.08. The van der Waals surface area contributed by atoms with Crippen molar-refractivity contribution in [1.29, 1.82) is 0 Å². The predicted molar refractivity (Wildman–Crippen MR) is 138 cm³/mol. The van der Waals surface area contributed by atoms with Crippen LogP contribution in [0.15, 0.2) is 77.2 Å². The second kappa shape index (κ2) is 12.1. The van der Waals surface area contributed by atoms with Crippen LogP contribution >= 0.6 is 22.9 Å². The van der Waals surface area contributed by atoms with E-state index in [4.69, 9.17) is 16.3 Å². The minimum absolute atomic E-state index is 0.0777. The van der Waals surface area contributed by atoms with Gasteiger partial charge in [-0.2, -0.15) is 18.3 Å². The Morgan fingerprint density at radius 1 is 1.11 bits per heavy atom. The third-order valence-electron chi connectivity index (χ3n) is 4.98. The highest BCUT2D eigenvalue weighted by Crippen LogP contribution is 2.32. The van der Waals surface area contributed by atoms with Crippen LogP contribution < -0.4 is 15.5 Å². The Labute approximate surface area is 223 Å². The van der Waals surface area contributed by atoms with Gasteiger partial charge in [-0.3, -0.25) is 4.79 Å². The van der Waals surface area contributed by atoms with Gasteiger partial charge in [-0.05, 0) is 59.7 Å². The number of aromatic nitrogens is 1. The van der Waals surface area contributed by atoms with E-state index in [0.717, 1.165) is 23.5 Å². The maximum absolute atomic E-state index is 13.3. The van der Waals surface area contributed by atoms with Gasteiger partial charge in [0.15, 0.2) is 5.13 Å². The van der Waals surface area contributed by atoms with Crippen molar-refractivity contribution in [3.05, 3.63) is 105 Å². The minimum Gasteiger partial charge on any atom is -0.487 e. The van der Waals surface area contributed by atoms with Gasteiger partial charge in [0.1, 0.15) is 18.2 Å². The van der Waals surface area contributed by atoms with E-state index in [9.17, 15) is 22.4 Å². The van der Waals surface area contributed by atoms with Gasteiger partial charge in [-0.15, -0.1) is 11.3 Å². The number of alkyl halides is 3. The summed E-state index contributed by atoms with van der Waals surface area (Å²) in [7, 11) is 0. The summed E-state index contributed by atoms with van der Waals surface area (Å²) in [5, 5.41) is 9.02. The molecule has 12 heteroatoms. The van der Waals surface area contributed by atoms with Crippen molar-refractivity contribution in [2.75, 3.05) is 5.32 Å². The van der Waals surface area contributed by atoms with Crippen LogP contribution in [-0.2, 0) is 24.0 Å². The largest absolute Gasteiger partial charge is 0.487 e. The van der Waals surface area contributed by atoms with Crippen molar-refractivity contribution in [3.63, 3.8) is 0 Å². The molecule has 38 heavy (non-hydrogen) atoms. The summed E-state index contributed by atoms with van der Waals surface area (Å²) in [6, 6.07) is 15.7. The Hall–Kier alpha value is -3.96. The molecule has 0 saturated heterocycles. The Morgan fingerprint density at radius 3 is 2.68 bits per heavy atom. The Balaban J connectivity index is 1.27. The number of hydrazone groups is 1. The van der Waals surface area contributed by atoms with Crippen LogP contribution in [0.2, 0.25) is 5.02 Å². The monoisotopic (exact) mass is 562 g/mol. The van der Waals surface area contributed by atoms with Crippen molar-refractivity contribution in [3.8, 4) is 5.75 Å². The maximum atomic E-state index is 13.3. The van der Waals surface area contributed by atoms with E-state index >= 15 is 0 Å². The lowest BCUT2D eigenvalue weighted by molar-refractivity contribution is -0.137. The minimum atomic E-state index is -4.45. The van der Waals surface area contributed by atoms with Crippen molar-refractivity contribution >= 4 is 45.9 Å². The first-order valence-electron chi connectivity index (χ1n) is 11.0.